The largest absolute Gasteiger partial charge is 0.397 e. The highest BCUT2D eigenvalue weighted by molar-refractivity contribution is 6.31. The number of nitrogens with zero attached hydrogens (tertiary/aromatic N) is 1. The number of benzene rings is 1. The molecule has 0 saturated carbocycles. The number of nitrogens with one attached hydrogen (secondary N) is 1. The summed E-state index contributed by atoms with van der Waals surface area (Å²) in [5.74, 6) is -0.103. The zero-order chi connectivity index (χ0) is 14.7. The van der Waals surface area contributed by atoms with Gasteiger partial charge in [-0.15, -0.1) is 0 Å². The maximum absolute atomic E-state index is 12.3. The number of ether oxygens (including phenoxy) is 1. The molecule has 1 aliphatic heterocycles. The predicted octanol–water partition coefficient (Wildman–Crippen LogP) is 1.97. The van der Waals surface area contributed by atoms with E-state index in [2.05, 4.69) is 5.32 Å². The van der Waals surface area contributed by atoms with Crippen molar-refractivity contribution in [2.75, 3.05) is 31.3 Å². The Morgan fingerprint density at radius 2 is 2.35 bits per heavy atom. The Hall–Kier alpha value is -1.30. The summed E-state index contributed by atoms with van der Waals surface area (Å²) in [6, 6.07) is 5.04. The van der Waals surface area contributed by atoms with Gasteiger partial charge in [0.25, 0.3) is 0 Å². The third-order valence-corrected chi connectivity index (χ3v) is 3.98. The molecule has 2 atom stereocenters. The first-order chi connectivity index (χ1) is 9.49. The van der Waals surface area contributed by atoms with Crippen LogP contribution in [-0.2, 0) is 9.53 Å². The number of carbonyl (C=O) groups excluding carboxylic acids is 1. The number of halogens is 1. The lowest BCUT2D eigenvalue weighted by atomic mass is 10.1. The van der Waals surface area contributed by atoms with Gasteiger partial charge < -0.3 is 15.8 Å². The molecule has 1 amide bonds. The van der Waals surface area contributed by atoms with Gasteiger partial charge in [0, 0.05) is 17.7 Å². The minimum absolute atomic E-state index is 0.103. The fourth-order valence-corrected chi connectivity index (χ4v) is 2.39. The van der Waals surface area contributed by atoms with E-state index < -0.39 is 0 Å². The van der Waals surface area contributed by atoms with Crippen molar-refractivity contribution in [3.63, 3.8) is 0 Å². The number of hydrogen-bond acceptors (Lipinski definition) is 4. The second kappa shape index (κ2) is 6.43. The van der Waals surface area contributed by atoms with Crippen LogP contribution in [0.2, 0.25) is 5.02 Å². The van der Waals surface area contributed by atoms with Crippen molar-refractivity contribution in [2.24, 2.45) is 0 Å². The smallest absolute Gasteiger partial charge is 0.241 e. The van der Waals surface area contributed by atoms with Crippen LogP contribution >= 0.6 is 11.6 Å². The molecule has 1 aliphatic rings. The number of nitrogens with two attached hydrogens (primary N) is 1. The first-order valence-electron chi connectivity index (χ1n) is 6.64. The van der Waals surface area contributed by atoms with Crippen LogP contribution in [0, 0.1) is 0 Å². The third-order valence-electron chi connectivity index (χ3n) is 3.75. The minimum atomic E-state index is -0.264. The fraction of sp³-hybridized carbons (Fsp3) is 0.500. The van der Waals surface area contributed by atoms with Crippen molar-refractivity contribution >= 4 is 28.9 Å². The molecule has 0 spiro atoms. The molecule has 0 aromatic heterocycles. The molecule has 0 bridgehead atoms. The van der Waals surface area contributed by atoms with Gasteiger partial charge in [0.2, 0.25) is 5.91 Å². The van der Waals surface area contributed by atoms with Crippen LogP contribution in [0.1, 0.15) is 13.3 Å². The minimum Gasteiger partial charge on any atom is -0.397 e. The van der Waals surface area contributed by atoms with E-state index in [1.165, 1.54) is 0 Å². The van der Waals surface area contributed by atoms with Crippen molar-refractivity contribution in [1.82, 2.24) is 4.90 Å². The highest BCUT2D eigenvalue weighted by Crippen LogP contribution is 2.23. The first kappa shape index (κ1) is 15.1. The summed E-state index contributed by atoms with van der Waals surface area (Å²) in [4.78, 5) is 14.3. The molecule has 1 heterocycles. The summed E-state index contributed by atoms with van der Waals surface area (Å²) in [6.07, 6.45) is 0.952. The standard InChI is InChI=1S/C14H20ClN3O2/c1-9(18(2)11-5-6-20-8-11)14(19)17-13-7-10(15)3-4-12(13)16/h3-4,7,9,11H,5-6,8,16H2,1-2H3,(H,17,19). The summed E-state index contributed by atoms with van der Waals surface area (Å²) in [7, 11) is 1.94. The van der Waals surface area contributed by atoms with Crippen LogP contribution in [0.25, 0.3) is 0 Å². The first-order valence-corrected chi connectivity index (χ1v) is 7.02. The maximum atomic E-state index is 12.3. The molecule has 2 unspecified atom stereocenters. The monoisotopic (exact) mass is 297 g/mol. The van der Waals surface area contributed by atoms with Crippen LogP contribution in [0.5, 0.6) is 0 Å². The van der Waals surface area contributed by atoms with Crippen LogP contribution in [-0.4, -0.2) is 43.2 Å². The fourth-order valence-electron chi connectivity index (χ4n) is 2.22. The zero-order valence-corrected chi connectivity index (χ0v) is 12.5. The molecule has 6 heteroatoms. The average Bonchev–Trinajstić information content (AvgIpc) is 2.95. The third kappa shape index (κ3) is 3.42. The number of likely N-dealkylation sites (N-methyl/N-ethyl adjacent to an activating group) is 1. The number of carbonyl (C=O) groups is 1. The summed E-state index contributed by atoms with van der Waals surface area (Å²) in [5, 5.41) is 3.37. The number of anilines is 2. The summed E-state index contributed by atoms with van der Waals surface area (Å²) >= 11 is 5.91. The molecule has 110 valence electrons. The van der Waals surface area contributed by atoms with E-state index in [9.17, 15) is 4.79 Å². The molecule has 2 rings (SSSR count). The SMILES string of the molecule is CC(C(=O)Nc1cc(Cl)ccc1N)N(C)C1CCOC1. The molecule has 5 nitrogen and oxygen atoms in total. The number of amides is 1. The molecule has 1 aromatic rings. The Labute approximate surface area is 124 Å². The van der Waals surface area contributed by atoms with Crippen molar-refractivity contribution in [3.05, 3.63) is 23.2 Å². The summed E-state index contributed by atoms with van der Waals surface area (Å²) in [6.45, 7) is 3.30. The maximum Gasteiger partial charge on any atom is 0.241 e. The van der Waals surface area contributed by atoms with Gasteiger partial charge in [-0.25, -0.2) is 0 Å². The Kier molecular flexibility index (Phi) is 4.86. The van der Waals surface area contributed by atoms with E-state index in [4.69, 9.17) is 22.1 Å². The van der Waals surface area contributed by atoms with Gasteiger partial charge in [0.05, 0.1) is 24.0 Å². The summed E-state index contributed by atoms with van der Waals surface area (Å²) in [5.41, 5.74) is 6.88. The molecule has 3 N–H and O–H groups in total. The molecule has 0 radical (unpaired) electrons. The molecule has 1 aromatic carbocycles. The predicted molar refractivity (Wildman–Crippen MR) is 80.9 cm³/mol. The van der Waals surface area contributed by atoms with Crippen molar-refractivity contribution in [3.8, 4) is 0 Å². The highest BCUT2D eigenvalue weighted by Gasteiger charge is 2.27. The molecular formula is C14H20ClN3O2. The Balaban J connectivity index is 2.01. The second-order valence-electron chi connectivity index (χ2n) is 5.08. The van der Waals surface area contributed by atoms with Gasteiger partial charge in [-0.05, 0) is 38.6 Å². The van der Waals surface area contributed by atoms with Gasteiger partial charge in [0.1, 0.15) is 0 Å². The summed E-state index contributed by atoms with van der Waals surface area (Å²) < 4.78 is 5.35. The lowest BCUT2D eigenvalue weighted by molar-refractivity contribution is -0.121. The average molecular weight is 298 g/mol. The van der Waals surface area contributed by atoms with Gasteiger partial charge >= 0.3 is 0 Å². The number of hydrogen-bond donors (Lipinski definition) is 2. The van der Waals surface area contributed by atoms with Crippen LogP contribution in [0.4, 0.5) is 11.4 Å². The Morgan fingerprint density at radius 3 is 3.00 bits per heavy atom. The molecule has 0 aliphatic carbocycles. The molecule has 1 fully saturated rings. The molecule has 20 heavy (non-hydrogen) atoms. The lowest BCUT2D eigenvalue weighted by Gasteiger charge is -2.28. The molecular weight excluding hydrogens is 278 g/mol. The van der Waals surface area contributed by atoms with Gasteiger partial charge in [0.15, 0.2) is 0 Å². The van der Waals surface area contributed by atoms with Crippen molar-refractivity contribution in [1.29, 1.82) is 0 Å². The van der Waals surface area contributed by atoms with Crippen molar-refractivity contribution in [2.45, 2.75) is 25.4 Å². The Morgan fingerprint density at radius 1 is 1.60 bits per heavy atom. The highest BCUT2D eigenvalue weighted by atomic mass is 35.5. The van der Waals surface area contributed by atoms with Crippen LogP contribution in [0.15, 0.2) is 18.2 Å². The van der Waals surface area contributed by atoms with Gasteiger partial charge in [-0.3, -0.25) is 9.69 Å². The van der Waals surface area contributed by atoms with E-state index in [0.717, 1.165) is 13.0 Å². The molecule has 1 saturated heterocycles. The Bertz CT molecular complexity index is 489. The van der Waals surface area contributed by atoms with Crippen LogP contribution < -0.4 is 11.1 Å². The van der Waals surface area contributed by atoms with E-state index in [0.29, 0.717) is 23.0 Å². The van der Waals surface area contributed by atoms with E-state index in [1.807, 2.05) is 18.9 Å². The van der Waals surface area contributed by atoms with Crippen molar-refractivity contribution < 1.29 is 9.53 Å². The number of rotatable bonds is 4. The topological polar surface area (TPSA) is 67.6 Å². The normalized spacial score (nSPS) is 20.1. The zero-order valence-electron chi connectivity index (χ0n) is 11.7. The van der Waals surface area contributed by atoms with Crippen LogP contribution in [0.3, 0.4) is 0 Å². The van der Waals surface area contributed by atoms with Gasteiger partial charge in [-0.2, -0.15) is 0 Å². The second-order valence-corrected chi connectivity index (χ2v) is 5.52. The van der Waals surface area contributed by atoms with E-state index >= 15 is 0 Å². The van der Waals surface area contributed by atoms with E-state index in [1.54, 1.807) is 18.2 Å². The van der Waals surface area contributed by atoms with E-state index in [-0.39, 0.29) is 18.0 Å². The quantitative estimate of drug-likeness (QED) is 0.834. The number of nitrogen functional groups attached to an aromatic ring is 1. The van der Waals surface area contributed by atoms with Gasteiger partial charge in [-0.1, -0.05) is 11.6 Å². The lowest BCUT2D eigenvalue weighted by Crippen LogP contribution is -2.45.